The predicted molar refractivity (Wildman–Crippen MR) is 23.0 cm³/mol. The van der Waals surface area contributed by atoms with E-state index >= 15 is 0 Å². The first kappa shape index (κ1) is 4.53. The second-order valence-electron chi connectivity index (χ2n) is 1.07. The molecule has 3 heteroatoms. The molecule has 1 aliphatic heterocycles. The zero-order chi connectivity index (χ0) is 4.57. The van der Waals surface area contributed by atoms with E-state index in [2.05, 4.69) is 20.7 Å². The number of ether oxygens (including phenoxy) is 1. The van der Waals surface area contributed by atoms with Gasteiger partial charge in [0.15, 0.2) is 5.01 Å². The van der Waals surface area contributed by atoms with Crippen molar-refractivity contribution < 1.29 is 9.13 Å². The summed E-state index contributed by atoms with van der Waals surface area (Å²) in [7, 11) is 0. The van der Waals surface area contributed by atoms with Crippen LogP contribution in [-0.2, 0) is 4.74 Å². The highest BCUT2D eigenvalue weighted by Gasteiger charge is 2.30. The van der Waals surface area contributed by atoms with E-state index in [0.29, 0.717) is 0 Å². The molecular formula is C3H3BrFO. The van der Waals surface area contributed by atoms with Gasteiger partial charge in [-0.15, -0.1) is 0 Å². The summed E-state index contributed by atoms with van der Waals surface area (Å²) in [6, 6.07) is 0. The van der Waals surface area contributed by atoms with Gasteiger partial charge in [-0.05, 0) is 0 Å². The maximum atomic E-state index is 11.7. The summed E-state index contributed by atoms with van der Waals surface area (Å²) >= 11 is 2.89. The fraction of sp³-hybridized carbons (Fsp3) is 0.667. The molecule has 6 heavy (non-hydrogen) atoms. The SMILES string of the molecule is F[C]1COC1Br. The molecule has 1 nitrogen and oxygen atoms in total. The number of halogens is 2. The second-order valence-corrected chi connectivity index (χ2v) is 1.91. The van der Waals surface area contributed by atoms with Gasteiger partial charge in [0.25, 0.3) is 0 Å². The van der Waals surface area contributed by atoms with Gasteiger partial charge in [0.05, 0.1) is 6.61 Å². The maximum Gasteiger partial charge on any atom is 0.209 e. The Labute approximate surface area is 43.6 Å². The van der Waals surface area contributed by atoms with E-state index in [0.717, 1.165) is 0 Å². The average Bonchev–Trinajstić information content (AvgIpc) is 1.61. The second kappa shape index (κ2) is 1.46. The summed E-state index contributed by atoms with van der Waals surface area (Å²) in [5.74, 6) is 0. The van der Waals surface area contributed by atoms with Crippen molar-refractivity contribution >= 4 is 15.9 Å². The summed E-state index contributed by atoms with van der Waals surface area (Å²) in [5.41, 5.74) is 0. The van der Waals surface area contributed by atoms with Crippen LogP contribution in [0.5, 0.6) is 0 Å². The minimum absolute atomic E-state index is 0.116. The molecule has 1 radical (unpaired) electrons. The topological polar surface area (TPSA) is 9.23 Å². The molecule has 0 aromatic carbocycles. The first-order chi connectivity index (χ1) is 2.80. The summed E-state index contributed by atoms with van der Waals surface area (Å²) in [5, 5.41) is -0.405. The van der Waals surface area contributed by atoms with E-state index in [4.69, 9.17) is 0 Å². The maximum absolute atomic E-state index is 11.7. The van der Waals surface area contributed by atoms with E-state index in [9.17, 15) is 4.39 Å². The van der Waals surface area contributed by atoms with Crippen LogP contribution in [0.1, 0.15) is 0 Å². The van der Waals surface area contributed by atoms with Gasteiger partial charge in [0.1, 0.15) is 0 Å². The Morgan fingerprint density at radius 2 is 2.50 bits per heavy atom. The van der Waals surface area contributed by atoms with Gasteiger partial charge in [-0.2, -0.15) is 0 Å². The Morgan fingerprint density at radius 3 is 2.50 bits per heavy atom. The van der Waals surface area contributed by atoms with Gasteiger partial charge in [-0.3, -0.25) is 0 Å². The standard InChI is InChI=1S/C3H3BrFO/c4-3-2(5)1-6-3/h3H,1H2. The first-order valence-corrected chi connectivity index (χ1v) is 2.49. The monoisotopic (exact) mass is 153 g/mol. The molecule has 0 amide bonds. The van der Waals surface area contributed by atoms with Gasteiger partial charge in [-0.1, -0.05) is 15.9 Å². The number of hydrogen-bond donors (Lipinski definition) is 0. The third-order valence-corrected chi connectivity index (χ3v) is 1.37. The van der Waals surface area contributed by atoms with Gasteiger partial charge in [0, 0.05) is 0 Å². The third kappa shape index (κ3) is 0.565. The molecule has 0 aromatic heterocycles. The van der Waals surface area contributed by atoms with Crippen molar-refractivity contribution in [1.29, 1.82) is 0 Å². The van der Waals surface area contributed by atoms with Crippen molar-refractivity contribution in [2.24, 2.45) is 0 Å². The van der Waals surface area contributed by atoms with Crippen LogP contribution in [-0.4, -0.2) is 11.6 Å². The van der Waals surface area contributed by atoms with Gasteiger partial charge < -0.3 is 4.74 Å². The number of rotatable bonds is 0. The largest absolute Gasteiger partial charge is 0.360 e. The van der Waals surface area contributed by atoms with Crippen molar-refractivity contribution in [3.8, 4) is 0 Å². The summed E-state index contributed by atoms with van der Waals surface area (Å²) in [6.45, 7) is 0.177. The molecule has 1 aliphatic rings. The number of hydrogen-bond acceptors (Lipinski definition) is 1. The van der Waals surface area contributed by atoms with E-state index in [1.54, 1.807) is 0 Å². The Kier molecular flexibility index (Phi) is 1.10. The van der Waals surface area contributed by atoms with Crippen LogP contribution in [0.2, 0.25) is 0 Å². The third-order valence-electron chi connectivity index (χ3n) is 0.614. The zero-order valence-electron chi connectivity index (χ0n) is 2.95. The molecule has 0 N–H and O–H groups in total. The van der Waals surface area contributed by atoms with E-state index in [1.165, 1.54) is 0 Å². The van der Waals surface area contributed by atoms with Crippen LogP contribution in [0.15, 0.2) is 0 Å². The molecule has 35 valence electrons. The Hall–Kier alpha value is 0.370. The molecule has 1 heterocycles. The highest BCUT2D eigenvalue weighted by atomic mass is 79.9. The summed E-state index contributed by atoms with van der Waals surface area (Å²) in [4.78, 5) is 0. The Morgan fingerprint density at radius 1 is 2.00 bits per heavy atom. The van der Waals surface area contributed by atoms with Crippen molar-refractivity contribution in [1.82, 2.24) is 0 Å². The van der Waals surface area contributed by atoms with E-state index < -0.39 is 5.01 Å². The lowest BCUT2D eigenvalue weighted by Gasteiger charge is -2.23. The molecule has 1 rings (SSSR count). The summed E-state index contributed by atoms with van der Waals surface area (Å²) in [6.07, 6.45) is -0.116. The van der Waals surface area contributed by atoms with Gasteiger partial charge in [0.2, 0.25) is 6.17 Å². The lowest BCUT2D eigenvalue weighted by atomic mass is 10.4. The smallest absolute Gasteiger partial charge is 0.209 e. The molecule has 1 fully saturated rings. The van der Waals surface area contributed by atoms with Crippen molar-refractivity contribution in [2.75, 3.05) is 6.61 Å². The van der Waals surface area contributed by atoms with Crippen LogP contribution in [0.25, 0.3) is 0 Å². The first-order valence-electron chi connectivity index (χ1n) is 1.57. The molecule has 0 spiro atoms. The summed E-state index contributed by atoms with van der Waals surface area (Å²) < 4.78 is 16.2. The molecule has 0 aliphatic carbocycles. The lowest BCUT2D eigenvalue weighted by molar-refractivity contribution is -0.00319. The average molecular weight is 154 g/mol. The fourth-order valence-corrected chi connectivity index (χ4v) is 0.474. The molecule has 0 aromatic rings. The molecule has 1 unspecified atom stereocenters. The van der Waals surface area contributed by atoms with Gasteiger partial charge >= 0.3 is 0 Å². The predicted octanol–water partition coefficient (Wildman–Crippen LogP) is 1.24. The van der Waals surface area contributed by atoms with E-state index in [1.807, 2.05) is 0 Å². The lowest BCUT2D eigenvalue weighted by Crippen LogP contribution is -2.28. The Bertz CT molecular complexity index is 50.8. The quantitative estimate of drug-likeness (QED) is 0.477. The van der Waals surface area contributed by atoms with Crippen LogP contribution in [0, 0.1) is 6.17 Å². The van der Waals surface area contributed by atoms with E-state index in [-0.39, 0.29) is 12.8 Å². The molecule has 0 saturated carbocycles. The molecular weight excluding hydrogens is 151 g/mol. The van der Waals surface area contributed by atoms with Crippen molar-refractivity contribution in [2.45, 2.75) is 5.01 Å². The molecule has 0 bridgehead atoms. The van der Waals surface area contributed by atoms with Gasteiger partial charge in [-0.25, -0.2) is 4.39 Å². The highest BCUT2D eigenvalue weighted by Crippen LogP contribution is 2.27. The number of alkyl halides is 1. The van der Waals surface area contributed by atoms with Crippen LogP contribution in [0.4, 0.5) is 4.39 Å². The van der Waals surface area contributed by atoms with Crippen molar-refractivity contribution in [3.63, 3.8) is 0 Å². The minimum Gasteiger partial charge on any atom is -0.360 e. The Balaban J connectivity index is 2.20. The zero-order valence-corrected chi connectivity index (χ0v) is 4.53. The molecule has 1 saturated heterocycles. The minimum atomic E-state index is -0.405. The molecule has 1 atom stereocenters. The van der Waals surface area contributed by atoms with Crippen LogP contribution < -0.4 is 0 Å². The van der Waals surface area contributed by atoms with Crippen molar-refractivity contribution in [3.05, 3.63) is 6.17 Å². The van der Waals surface area contributed by atoms with Crippen LogP contribution in [0.3, 0.4) is 0 Å². The fourth-order valence-electron chi connectivity index (χ4n) is 0.209. The normalized spacial score (nSPS) is 36.0. The highest BCUT2D eigenvalue weighted by molar-refractivity contribution is 9.09. The van der Waals surface area contributed by atoms with Crippen LogP contribution >= 0.6 is 15.9 Å².